The predicted octanol–water partition coefficient (Wildman–Crippen LogP) is 5.52. The Morgan fingerprint density at radius 2 is 1.33 bits per heavy atom. The monoisotopic (exact) mass is 212 g/mol. The van der Waals surface area contributed by atoms with Crippen LogP contribution in [0.3, 0.4) is 0 Å². The molecule has 0 aromatic heterocycles. The van der Waals surface area contributed by atoms with Gasteiger partial charge in [0.15, 0.2) is 0 Å². The molecule has 0 fully saturated rings. The van der Waals surface area contributed by atoms with Crippen molar-refractivity contribution in [1.82, 2.24) is 0 Å². The second-order valence-corrected chi connectivity index (χ2v) is 5.73. The van der Waals surface area contributed by atoms with E-state index in [4.69, 9.17) is 0 Å². The quantitative estimate of drug-likeness (QED) is 0.497. The molecule has 0 aromatic rings. The molecule has 0 aliphatic heterocycles. The molecule has 0 heterocycles. The standard InChI is InChI=1S/C15H32/c1-7-9-14(6)15(8-2)11-10-13(5)12(3)4/h12-15H,7-11H2,1-6H3. The Kier molecular flexibility index (Phi) is 8.19. The molecule has 0 N–H and O–H groups in total. The van der Waals surface area contributed by atoms with Gasteiger partial charge in [0.1, 0.15) is 0 Å². The van der Waals surface area contributed by atoms with Crippen LogP contribution in [0.1, 0.15) is 73.6 Å². The highest BCUT2D eigenvalue weighted by Crippen LogP contribution is 2.28. The highest BCUT2D eigenvalue weighted by atomic mass is 14.2. The van der Waals surface area contributed by atoms with Crippen molar-refractivity contribution in [1.29, 1.82) is 0 Å². The average Bonchev–Trinajstić information content (AvgIpc) is 2.18. The molecule has 0 saturated heterocycles. The minimum Gasteiger partial charge on any atom is -0.0654 e. The molecular weight excluding hydrogens is 180 g/mol. The summed E-state index contributed by atoms with van der Waals surface area (Å²) >= 11 is 0. The average molecular weight is 212 g/mol. The van der Waals surface area contributed by atoms with Gasteiger partial charge in [-0.2, -0.15) is 0 Å². The van der Waals surface area contributed by atoms with E-state index in [1.54, 1.807) is 0 Å². The fourth-order valence-electron chi connectivity index (χ4n) is 2.39. The summed E-state index contributed by atoms with van der Waals surface area (Å²) in [6, 6.07) is 0. The second-order valence-electron chi connectivity index (χ2n) is 5.73. The molecule has 3 unspecified atom stereocenters. The van der Waals surface area contributed by atoms with E-state index < -0.39 is 0 Å². The molecular formula is C15H32. The van der Waals surface area contributed by atoms with Gasteiger partial charge >= 0.3 is 0 Å². The van der Waals surface area contributed by atoms with Crippen LogP contribution in [0, 0.1) is 23.7 Å². The lowest BCUT2D eigenvalue weighted by atomic mass is 9.81. The molecule has 0 nitrogen and oxygen atoms in total. The van der Waals surface area contributed by atoms with E-state index in [9.17, 15) is 0 Å². The SMILES string of the molecule is CCCC(C)C(CC)CCC(C)C(C)C. The summed E-state index contributed by atoms with van der Waals surface area (Å²) in [5, 5.41) is 0. The van der Waals surface area contributed by atoms with E-state index in [1.165, 1.54) is 32.1 Å². The van der Waals surface area contributed by atoms with Gasteiger partial charge in [0.2, 0.25) is 0 Å². The Hall–Kier alpha value is 0. The lowest BCUT2D eigenvalue weighted by molar-refractivity contribution is 0.266. The number of rotatable bonds is 8. The van der Waals surface area contributed by atoms with Gasteiger partial charge in [0.05, 0.1) is 0 Å². The zero-order valence-electron chi connectivity index (χ0n) is 11.8. The second kappa shape index (κ2) is 8.19. The van der Waals surface area contributed by atoms with Gasteiger partial charge in [-0.05, 0) is 30.1 Å². The first kappa shape index (κ1) is 15.0. The molecule has 0 amide bonds. The summed E-state index contributed by atoms with van der Waals surface area (Å²) in [5.41, 5.74) is 0. The van der Waals surface area contributed by atoms with Crippen LogP contribution in [0.25, 0.3) is 0 Å². The normalized spacial score (nSPS) is 17.8. The summed E-state index contributed by atoms with van der Waals surface area (Å²) in [7, 11) is 0. The maximum Gasteiger partial charge on any atom is -0.0391 e. The van der Waals surface area contributed by atoms with Gasteiger partial charge in [-0.25, -0.2) is 0 Å². The maximum absolute atomic E-state index is 2.44. The van der Waals surface area contributed by atoms with Gasteiger partial charge in [0.25, 0.3) is 0 Å². The fraction of sp³-hybridized carbons (Fsp3) is 1.00. The molecule has 0 aliphatic rings. The van der Waals surface area contributed by atoms with Gasteiger partial charge in [-0.3, -0.25) is 0 Å². The van der Waals surface area contributed by atoms with E-state index in [1.807, 2.05) is 0 Å². The van der Waals surface area contributed by atoms with Crippen molar-refractivity contribution in [3.05, 3.63) is 0 Å². The van der Waals surface area contributed by atoms with E-state index in [0.717, 1.165) is 23.7 Å². The molecule has 0 rings (SSSR count). The molecule has 0 aromatic carbocycles. The topological polar surface area (TPSA) is 0 Å². The van der Waals surface area contributed by atoms with Crippen molar-refractivity contribution < 1.29 is 0 Å². The van der Waals surface area contributed by atoms with Gasteiger partial charge in [-0.15, -0.1) is 0 Å². The summed E-state index contributed by atoms with van der Waals surface area (Å²) in [4.78, 5) is 0. The Morgan fingerprint density at radius 1 is 0.733 bits per heavy atom. The molecule has 15 heavy (non-hydrogen) atoms. The Morgan fingerprint density at radius 3 is 1.73 bits per heavy atom. The van der Waals surface area contributed by atoms with Gasteiger partial charge < -0.3 is 0 Å². The van der Waals surface area contributed by atoms with Crippen LogP contribution in [0.2, 0.25) is 0 Å². The highest BCUT2D eigenvalue weighted by Gasteiger charge is 2.16. The minimum atomic E-state index is 0.851. The molecule has 0 heteroatoms. The number of hydrogen-bond donors (Lipinski definition) is 0. The summed E-state index contributed by atoms with van der Waals surface area (Å²) in [6.07, 6.45) is 6.99. The molecule has 3 atom stereocenters. The van der Waals surface area contributed by atoms with Crippen molar-refractivity contribution in [2.75, 3.05) is 0 Å². The Balaban J connectivity index is 3.88. The van der Waals surface area contributed by atoms with E-state index in [0.29, 0.717) is 0 Å². The van der Waals surface area contributed by atoms with Crippen LogP contribution in [0.5, 0.6) is 0 Å². The van der Waals surface area contributed by atoms with Crippen molar-refractivity contribution in [2.45, 2.75) is 73.6 Å². The smallest absolute Gasteiger partial charge is 0.0391 e. The Bertz CT molecular complexity index is 137. The highest BCUT2D eigenvalue weighted by molar-refractivity contribution is 4.67. The van der Waals surface area contributed by atoms with Crippen LogP contribution < -0.4 is 0 Å². The molecule has 0 aliphatic carbocycles. The van der Waals surface area contributed by atoms with Crippen molar-refractivity contribution in [3.63, 3.8) is 0 Å². The zero-order chi connectivity index (χ0) is 11.8. The summed E-state index contributed by atoms with van der Waals surface area (Å²) in [6.45, 7) is 14.2. The van der Waals surface area contributed by atoms with Crippen LogP contribution in [0.4, 0.5) is 0 Å². The molecule has 0 saturated carbocycles. The third-order valence-corrected chi connectivity index (χ3v) is 4.20. The van der Waals surface area contributed by atoms with Crippen LogP contribution in [-0.2, 0) is 0 Å². The third kappa shape index (κ3) is 6.22. The van der Waals surface area contributed by atoms with E-state index in [2.05, 4.69) is 41.5 Å². The van der Waals surface area contributed by atoms with Crippen LogP contribution in [-0.4, -0.2) is 0 Å². The zero-order valence-corrected chi connectivity index (χ0v) is 11.8. The first-order valence-electron chi connectivity index (χ1n) is 7.02. The fourth-order valence-corrected chi connectivity index (χ4v) is 2.39. The van der Waals surface area contributed by atoms with Gasteiger partial charge in [0, 0.05) is 0 Å². The maximum atomic E-state index is 2.44. The first-order chi connectivity index (χ1) is 7.02. The molecule has 0 radical (unpaired) electrons. The van der Waals surface area contributed by atoms with Crippen LogP contribution >= 0.6 is 0 Å². The van der Waals surface area contributed by atoms with Crippen LogP contribution in [0.15, 0.2) is 0 Å². The third-order valence-electron chi connectivity index (χ3n) is 4.20. The molecule has 0 bridgehead atoms. The molecule has 0 spiro atoms. The Labute approximate surface area is 97.8 Å². The van der Waals surface area contributed by atoms with Crippen molar-refractivity contribution in [2.24, 2.45) is 23.7 Å². The van der Waals surface area contributed by atoms with E-state index in [-0.39, 0.29) is 0 Å². The lowest BCUT2D eigenvalue weighted by Gasteiger charge is -2.25. The largest absolute Gasteiger partial charge is 0.0654 e. The number of hydrogen-bond acceptors (Lipinski definition) is 0. The first-order valence-corrected chi connectivity index (χ1v) is 7.02. The van der Waals surface area contributed by atoms with Gasteiger partial charge in [-0.1, -0.05) is 67.2 Å². The van der Waals surface area contributed by atoms with Crippen molar-refractivity contribution in [3.8, 4) is 0 Å². The van der Waals surface area contributed by atoms with E-state index >= 15 is 0 Å². The van der Waals surface area contributed by atoms with Crippen molar-refractivity contribution >= 4 is 0 Å². The summed E-state index contributed by atoms with van der Waals surface area (Å²) in [5.74, 6) is 3.64. The lowest BCUT2D eigenvalue weighted by Crippen LogP contribution is -2.13. The minimum absolute atomic E-state index is 0.851. The predicted molar refractivity (Wildman–Crippen MR) is 71.1 cm³/mol. The summed E-state index contributed by atoms with van der Waals surface area (Å²) < 4.78 is 0. The molecule has 92 valence electrons.